The van der Waals surface area contributed by atoms with Gasteiger partial charge < -0.3 is 20.3 Å². The van der Waals surface area contributed by atoms with Crippen LogP contribution in [0.15, 0.2) is 24.3 Å². The number of nitrogens with zero attached hydrogens (tertiary/aromatic N) is 2. The van der Waals surface area contributed by atoms with Crippen molar-refractivity contribution in [3.63, 3.8) is 0 Å². The van der Waals surface area contributed by atoms with Crippen LogP contribution >= 0.6 is 0 Å². The summed E-state index contributed by atoms with van der Waals surface area (Å²) >= 11 is 0. The van der Waals surface area contributed by atoms with Crippen LogP contribution in [0, 0.1) is 6.92 Å². The number of carbonyl (C=O) groups is 3. The summed E-state index contributed by atoms with van der Waals surface area (Å²) in [5, 5.41) is 8.80. The zero-order chi connectivity index (χ0) is 20.3. The molecule has 3 rings (SSSR count). The molecule has 2 fully saturated rings. The van der Waals surface area contributed by atoms with Crippen LogP contribution in [0.2, 0.25) is 0 Å². The number of benzene rings is 1. The first-order valence-corrected chi connectivity index (χ1v) is 9.44. The van der Waals surface area contributed by atoms with Crippen LogP contribution in [0.4, 0.5) is 14.4 Å². The van der Waals surface area contributed by atoms with E-state index in [2.05, 4.69) is 22.0 Å². The van der Waals surface area contributed by atoms with Gasteiger partial charge in [0.15, 0.2) is 6.29 Å². The number of carbonyl (C=O) groups excluding carboxylic acids is 3. The largest absolute Gasteiger partial charge is 0.453 e. The molecule has 152 valence electrons. The summed E-state index contributed by atoms with van der Waals surface area (Å²) in [6.45, 7) is 4.88. The van der Waals surface area contributed by atoms with E-state index in [-0.39, 0.29) is 18.2 Å². The number of ether oxygens (including phenoxy) is 1. The second-order valence-corrected chi connectivity index (χ2v) is 7.19. The second kappa shape index (κ2) is 8.47. The first-order chi connectivity index (χ1) is 13.4. The molecule has 28 heavy (non-hydrogen) atoms. The summed E-state index contributed by atoms with van der Waals surface area (Å²) in [7, 11) is 1.34. The molecule has 3 N–H and O–H groups in total. The van der Waals surface area contributed by atoms with E-state index in [0.29, 0.717) is 25.9 Å². The number of piperidine rings is 1. The molecule has 0 spiro atoms. The highest BCUT2D eigenvalue weighted by molar-refractivity contribution is 5.96. The van der Waals surface area contributed by atoms with Crippen molar-refractivity contribution in [1.29, 1.82) is 0 Å². The first kappa shape index (κ1) is 19.9. The molecule has 0 aromatic heterocycles. The van der Waals surface area contributed by atoms with Crippen LogP contribution in [-0.2, 0) is 4.74 Å². The molecule has 2 aliphatic heterocycles. The van der Waals surface area contributed by atoms with Gasteiger partial charge in [-0.1, -0.05) is 29.8 Å². The second-order valence-electron chi connectivity index (χ2n) is 7.19. The van der Waals surface area contributed by atoms with Crippen molar-refractivity contribution in [3.05, 3.63) is 35.4 Å². The molecule has 0 aliphatic carbocycles. The summed E-state index contributed by atoms with van der Waals surface area (Å²) in [5.41, 5.74) is 2.22. The average Bonchev–Trinajstić information content (AvgIpc) is 2.67. The Bertz CT molecular complexity index is 730. The Hall–Kier alpha value is -2.81. The Kier molecular flexibility index (Phi) is 6.03. The Morgan fingerprint density at radius 2 is 1.86 bits per heavy atom. The number of rotatable bonds is 4. The Balaban J connectivity index is 1.56. The number of aryl methyl sites for hydroxylation is 1. The van der Waals surface area contributed by atoms with Gasteiger partial charge in [0, 0.05) is 25.2 Å². The van der Waals surface area contributed by atoms with Crippen molar-refractivity contribution in [2.45, 2.75) is 45.1 Å². The molecule has 1 atom stereocenters. The predicted octanol–water partition coefficient (Wildman–Crippen LogP) is 1.89. The van der Waals surface area contributed by atoms with E-state index < -0.39 is 18.4 Å². The summed E-state index contributed by atoms with van der Waals surface area (Å²) in [4.78, 5) is 39.5. The molecule has 5 amide bonds. The highest BCUT2D eigenvalue weighted by Gasteiger charge is 2.38. The van der Waals surface area contributed by atoms with Gasteiger partial charge in [0.05, 0.1) is 7.11 Å². The van der Waals surface area contributed by atoms with E-state index in [1.165, 1.54) is 12.0 Å². The lowest BCUT2D eigenvalue weighted by Gasteiger charge is -2.41. The lowest BCUT2D eigenvalue weighted by Crippen LogP contribution is -2.70. The van der Waals surface area contributed by atoms with Crippen LogP contribution in [0.5, 0.6) is 0 Å². The fraction of sp³-hybridized carbons (Fsp3) is 0.526. The van der Waals surface area contributed by atoms with Gasteiger partial charge in [-0.05, 0) is 32.3 Å². The van der Waals surface area contributed by atoms with Crippen LogP contribution in [0.1, 0.15) is 36.9 Å². The van der Waals surface area contributed by atoms with Crippen molar-refractivity contribution in [2.75, 3.05) is 20.2 Å². The molecule has 0 bridgehead atoms. The van der Waals surface area contributed by atoms with Gasteiger partial charge in [-0.3, -0.25) is 5.32 Å². The van der Waals surface area contributed by atoms with Gasteiger partial charge >= 0.3 is 18.2 Å². The minimum absolute atomic E-state index is 0.0552. The molecule has 2 aliphatic rings. The van der Waals surface area contributed by atoms with E-state index in [0.717, 1.165) is 11.1 Å². The third-order valence-electron chi connectivity index (χ3n) is 5.19. The number of imide groups is 1. The lowest BCUT2D eigenvalue weighted by atomic mass is 10.0. The minimum Gasteiger partial charge on any atom is -0.453 e. The van der Waals surface area contributed by atoms with Gasteiger partial charge in [0.1, 0.15) is 0 Å². The summed E-state index contributed by atoms with van der Waals surface area (Å²) in [6, 6.07) is 6.87. The smallest absolute Gasteiger partial charge is 0.409 e. The highest BCUT2D eigenvalue weighted by atomic mass is 16.5. The zero-order valence-corrected chi connectivity index (χ0v) is 16.4. The van der Waals surface area contributed by atoms with Gasteiger partial charge in [-0.25, -0.2) is 19.3 Å². The maximum absolute atomic E-state index is 12.6. The van der Waals surface area contributed by atoms with E-state index in [4.69, 9.17) is 4.74 Å². The van der Waals surface area contributed by atoms with Crippen molar-refractivity contribution in [1.82, 2.24) is 25.8 Å². The van der Waals surface area contributed by atoms with Gasteiger partial charge in [0.25, 0.3) is 0 Å². The topological polar surface area (TPSA) is 103 Å². The molecule has 0 unspecified atom stereocenters. The van der Waals surface area contributed by atoms with E-state index in [9.17, 15) is 14.4 Å². The fourth-order valence-corrected chi connectivity index (χ4v) is 3.65. The molecule has 2 heterocycles. The molecule has 9 nitrogen and oxygen atoms in total. The number of nitrogens with one attached hydrogen (secondary N) is 3. The van der Waals surface area contributed by atoms with E-state index >= 15 is 0 Å². The maximum Gasteiger partial charge on any atom is 0.409 e. The zero-order valence-electron chi connectivity index (χ0n) is 16.4. The van der Waals surface area contributed by atoms with Crippen molar-refractivity contribution in [2.24, 2.45) is 0 Å². The lowest BCUT2D eigenvalue weighted by molar-refractivity contribution is 0.0910. The summed E-state index contributed by atoms with van der Waals surface area (Å²) in [5.74, 6) is 0. The third-order valence-corrected chi connectivity index (χ3v) is 5.19. The molecule has 1 aromatic rings. The fourth-order valence-electron chi connectivity index (χ4n) is 3.65. The Labute approximate surface area is 164 Å². The number of methoxy groups -OCH3 is 1. The van der Waals surface area contributed by atoms with Crippen LogP contribution in [0.25, 0.3) is 0 Å². The number of likely N-dealkylation sites (tertiary alicyclic amines) is 1. The Morgan fingerprint density at radius 1 is 1.21 bits per heavy atom. The average molecular weight is 389 g/mol. The number of hydrogen-bond donors (Lipinski definition) is 3. The van der Waals surface area contributed by atoms with Crippen LogP contribution in [0.3, 0.4) is 0 Å². The predicted molar refractivity (Wildman–Crippen MR) is 102 cm³/mol. The number of urea groups is 2. The SMILES string of the molecule is COC(=O)N1CCC(N2C(=O)NC(N[C@@H](C)c3cccc(C)c3)NC2=O)CC1. The third kappa shape index (κ3) is 4.36. The molecule has 2 saturated heterocycles. The molecule has 9 heteroatoms. The Morgan fingerprint density at radius 3 is 2.43 bits per heavy atom. The number of amides is 5. The highest BCUT2D eigenvalue weighted by Crippen LogP contribution is 2.20. The normalized spacial score (nSPS) is 19.8. The van der Waals surface area contributed by atoms with Gasteiger partial charge in [-0.2, -0.15) is 0 Å². The molecular formula is C19H27N5O4. The van der Waals surface area contributed by atoms with Crippen molar-refractivity contribution in [3.8, 4) is 0 Å². The number of hydrogen-bond acceptors (Lipinski definition) is 5. The minimum atomic E-state index is -0.651. The maximum atomic E-state index is 12.6. The van der Waals surface area contributed by atoms with Crippen LogP contribution < -0.4 is 16.0 Å². The summed E-state index contributed by atoms with van der Waals surface area (Å²) in [6.07, 6.45) is 0.00360. The molecule has 1 aromatic carbocycles. The molecule has 0 radical (unpaired) electrons. The first-order valence-electron chi connectivity index (χ1n) is 9.44. The summed E-state index contributed by atoms with van der Waals surface area (Å²) < 4.78 is 4.71. The van der Waals surface area contributed by atoms with Crippen molar-refractivity contribution >= 4 is 18.2 Å². The van der Waals surface area contributed by atoms with Gasteiger partial charge in [-0.15, -0.1) is 0 Å². The monoisotopic (exact) mass is 389 g/mol. The molecular weight excluding hydrogens is 362 g/mol. The van der Waals surface area contributed by atoms with E-state index in [1.54, 1.807) is 4.90 Å². The van der Waals surface area contributed by atoms with Crippen LogP contribution in [-0.4, -0.2) is 60.5 Å². The van der Waals surface area contributed by atoms with Gasteiger partial charge in [0.2, 0.25) is 0 Å². The van der Waals surface area contributed by atoms with Crippen molar-refractivity contribution < 1.29 is 19.1 Å². The quantitative estimate of drug-likeness (QED) is 0.730. The molecule has 0 saturated carbocycles. The standard InChI is InChI=1S/C19H27N5O4/c1-12-5-4-6-14(11-12)13(2)20-16-21-17(25)24(18(26)22-16)15-7-9-23(10-8-15)19(27)28-3/h4-6,11,13,15-16,20H,7-10H2,1-3H3,(H,21,25)(H,22,26)/t13-/m0/s1. The van der Waals surface area contributed by atoms with E-state index in [1.807, 2.05) is 32.0 Å².